The fourth-order valence-electron chi connectivity index (χ4n) is 1.79. The van der Waals surface area contributed by atoms with Gasteiger partial charge in [-0.15, -0.1) is 0 Å². The van der Waals surface area contributed by atoms with Crippen LogP contribution < -0.4 is 10.9 Å². The van der Waals surface area contributed by atoms with E-state index in [1.54, 1.807) is 6.07 Å². The zero-order chi connectivity index (χ0) is 10.5. The predicted molar refractivity (Wildman–Crippen MR) is 53.1 cm³/mol. The normalized spacial score (nSPS) is 23.6. The van der Waals surface area contributed by atoms with Crippen LogP contribution in [0.2, 0.25) is 5.02 Å². The lowest BCUT2D eigenvalue weighted by Crippen LogP contribution is -2.41. The number of rotatable bonds is 0. The third kappa shape index (κ3) is 1.19. The molecule has 0 amide bonds. The number of aliphatic hydroxyl groups is 1. The van der Waals surface area contributed by atoms with Crippen LogP contribution >= 0.6 is 11.6 Å². The number of aromatic nitrogens is 1. The maximum atomic E-state index is 11.7. The summed E-state index contributed by atoms with van der Waals surface area (Å²) in [4.78, 5) is 11.7. The van der Waals surface area contributed by atoms with E-state index in [9.17, 15) is 9.90 Å². The third-order valence-electron chi connectivity index (χ3n) is 2.40. The van der Waals surface area contributed by atoms with Gasteiger partial charge >= 0.3 is 0 Å². The summed E-state index contributed by atoms with van der Waals surface area (Å²) in [7, 11) is 0. The molecule has 5 heteroatoms. The van der Waals surface area contributed by atoms with Crippen molar-refractivity contribution in [3.8, 4) is 0 Å². The number of fused-ring (bicyclic) bond motifs is 1. The fourth-order valence-corrected chi connectivity index (χ4v) is 1.94. The second-order valence-electron chi connectivity index (χ2n) is 3.85. The van der Waals surface area contributed by atoms with Gasteiger partial charge in [0.25, 0.3) is 5.56 Å². The topological polar surface area (TPSA) is 54.3 Å². The van der Waals surface area contributed by atoms with E-state index in [2.05, 4.69) is 5.32 Å². The maximum Gasteiger partial charge on any atom is 0.271 e. The van der Waals surface area contributed by atoms with Crippen molar-refractivity contribution in [3.05, 3.63) is 33.2 Å². The third-order valence-corrected chi connectivity index (χ3v) is 2.68. The van der Waals surface area contributed by atoms with Crippen LogP contribution in [0.1, 0.15) is 25.8 Å². The molecule has 0 aromatic carbocycles. The lowest BCUT2D eigenvalue weighted by molar-refractivity contribution is 0.118. The molecule has 14 heavy (non-hydrogen) atoms. The zero-order valence-corrected chi connectivity index (χ0v) is 8.67. The summed E-state index contributed by atoms with van der Waals surface area (Å²) in [5.41, 5.74) is -0.334. The first-order valence-corrected chi connectivity index (χ1v) is 4.69. The molecule has 2 heterocycles. The smallest absolute Gasteiger partial charge is 0.271 e. The van der Waals surface area contributed by atoms with E-state index >= 15 is 0 Å². The van der Waals surface area contributed by atoms with Crippen molar-refractivity contribution >= 4 is 11.6 Å². The summed E-state index contributed by atoms with van der Waals surface area (Å²) in [5, 5.41) is 12.7. The molecule has 2 rings (SSSR count). The van der Waals surface area contributed by atoms with Crippen LogP contribution in [-0.4, -0.2) is 9.67 Å². The largest absolute Gasteiger partial charge is 0.373 e. The van der Waals surface area contributed by atoms with E-state index in [1.807, 2.05) is 13.8 Å². The van der Waals surface area contributed by atoms with Gasteiger partial charge in [0.2, 0.25) is 0 Å². The summed E-state index contributed by atoms with van der Waals surface area (Å²) in [5.74, 6) is 0. The Morgan fingerprint density at radius 2 is 2.21 bits per heavy atom. The lowest BCUT2D eigenvalue weighted by atomic mass is 10.2. The monoisotopic (exact) mass is 214 g/mol. The van der Waals surface area contributed by atoms with Gasteiger partial charge in [-0.25, -0.2) is 0 Å². The molecule has 76 valence electrons. The van der Waals surface area contributed by atoms with Gasteiger partial charge in [0.05, 0.1) is 11.4 Å². The highest BCUT2D eigenvalue weighted by Gasteiger charge is 2.35. The van der Waals surface area contributed by atoms with Crippen molar-refractivity contribution in [3.63, 3.8) is 0 Å². The Morgan fingerprint density at radius 1 is 1.57 bits per heavy atom. The highest BCUT2D eigenvalue weighted by molar-refractivity contribution is 6.30. The Kier molecular flexibility index (Phi) is 1.96. The number of hydrogen-bond donors (Lipinski definition) is 2. The van der Waals surface area contributed by atoms with Crippen molar-refractivity contribution < 1.29 is 5.11 Å². The van der Waals surface area contributed by atoms with Gasteiger partial charge in [-0.3, -0.25) is 14.7 Å². The summed E-state index contributed by atoms with van der Waals surface area (Å²) in [6, 6.07) is 3.15. The molecule has 1 unspecified atom stereocenters. The van der Waals surface area contributed by atoms with Crippen molar-refractivity contribution in [2.75, 3.05) is 0 Å². The number of hydrogen-bond acceptors (Lipinski definition) is 3. The van der Waals surface area contributed by atoms with Crippen molar-refractivity contribution in [1.29, 1.82) is 0 Å². The van der Waals surface area contributed by atoms with E-state index in [-0.39, 0.29) is 10.6 Å². The Hall–Kier alpha value is -0.840. The fraction of sp³-hybridized carbons (Fsp3) is 0.444. The number of pyridine rings is 1. The van der Waals surface area contributed by atoms with Crippen LogP contribution in [0.15, 0.2) is 16.9 Å². The molecule has 1 aromatic heterocycles. The number of halogens is 1. The quantitative estimate of drug-likeness (QED) is 0.672. The van der Waals surface area contributed by atoms with Crippen molar-refractivity contribution in [1.82, 2.24) is 9.88 Å². The molecule has 1 aliphatic rings. The van der Waals surface area contributed by atoms with E-state index in [4.69, 9.17) is 11.6 Å². The van der Waals surface area contributed by atoms with Gasteiger partial charge < -0.3 is 5.11 Å². The first-order valence-electron chi connectivity index (χ1n) is 4.31. The molecular formula is C9H11ClN2O2. The van der Waals surface area contributed by atoms with Crippen LogP contribution in [0.5, 0.6) is 0 Å². The Morgan fingerprint density at radius 3 is 2.86 bits per heavy atom. The van der Waals surface area contributed by atoms with Gasteiger partial charge in [0.15, 0.2) is 0 Å². The maximum absolute atomic E-state index is 11.7. The zero-order valence-electron chi connectivity index (χ0n) is 7.91. The minimum Gasteiger partial charge on any atom is -0.373 e. The first-order chi connectivity index (χ1) is 6.43. The highest BCUT2D eigenvalue weighted by atomic mass is 35.5. The average Bonchev–Trinajstić information content (AvgIpc) is 2.29. The molecule has 0 aliphatic carbocycles. The second-order valence-corrected chi connectivity index (χ2v) is 4.26. The average molecular weight is 215 g/mol. The molecule has 0 saturated carbocycles. The molecule has 2 N–H and O–H groups in total. The van der Waals surface area contributed by atoms with E-state index in [1.165, 1.54) is 10.6 Å². The van der Waals surface area contributed by atoms with Gasteiger partial charge in [0.1, 0.15) is 11.3 Å². The second kappa shape index (κ2) is 2.82. The molecule has 0 spiro atoms. The minimum absolute atomic E-state index is 0.165. The Labute approximate surface area is 86.1 Å². The first kappa shape index (κ1) is 9.71. The van der Waals surface area contributed by atoms with Gasteiger partial charge in [-0.05, 0) is 26.0 Å². The number of nitrogens with one attached hydrogen (secondary N) is 1. The summed E-state index contributed by atoms with van der Waals surface area (Å²) in [6.07, 6.45) is -0.810. The molecule has 1 atom stereocenters. The number of nitrogens with zero attached hydrogens (tertiary/aromatic N) is 1. The molecular weight excluding hydrogens is 204 g/mol. The molecule has 0 radical (unpaired) electrons. The summed E-state index contributed by atoms with van der Waals surface area (Å²) >= 11 is 5.72. The van der Waals surface area contributed by atoms with Gasteiger partial charge in [-0.1, -0.05) is 11.6 Å². The molecule has 0 bridgehead atoms. The predicted octanol–water partition coefficient (Wildman–Crippen LogP) is 0.788. The van der Waals surface area contributed by atoms with Gasteiger partial charge in [-0.2, -0.15) is 0 Å². The Bertz CT molecular complexity index is 439. The molecule has 1 aliphatic heterocycles. The molecule has 0 saturated heterocycles. The minimum atomic E-state index is -0.810. The van der Waals surface area contributed by atoms with Gasteiger partial charge in [0, 0.05) is 0 Å². The standard InChI is InChI=1S/C9H11ClN2O2/c1-9(2)11-7(13)6-4-3-5(10)8(14)12(6)9/h3-4,7,11,13H,1-2H3. The van der Waals surface area contributed by atoms with E-state index in [0.717, 1.165) is 0 Å². The van der Waals surface area contributed by atoms with Crippen LogP contribution in [0.4, 0.5) is 0 Å². The summed E-state index contributed by atoms with van der Waals surface area (Å²) < 4.78 is 1.47. The van der Waals surface area contributed by atoms with Crippen LogP contribution in [0.25, 0.3) is 0 Å². The van der Waals surface area contributed by atoms with Crippen molar-refractivity contribution in [2.45, 2.75) is 25.7 Å². The number of aliphatic hydroxyl groups excluding tert-OH is 1. The van der Waals surface area contributed by atoms with Crippen molar-refractivity contribution in [2.24, 2.45) is 0 Å². The van der Waals surface area contributed by atoms with E-state index < -0.39 is 11.9 Å². The van der Waals surface area contributed by atoms with E-state index in [0.29, 0.717) is 5.69 Å². The SMILES string of the molecule is CC1(C)NC(O)c2ccc(Cl)c(=O)n21. The molecule has 4 nitrogen and oxygen atoms in total. The highest BCUT2D eigenvalue weighted by Crippen LogP contribution is 2.27. The lowest BCUT2D eigenvalue weighted by Gasteiger charge is -2.21. The summed E-state index contributed by atoms with van der Waals surface area (Å²) in [6.45, 7) is 3.62. The Balaban J connectivity index is 2.77. The van der Waals surface area contributed by atoms with Crippen LogP contribution in [0.3, 0.4) is 0 Å². The van der Waals surface area contributed by atoms with Crippen LogP contribution in [0, 0.1) is 0 Å². The molecule has 0 fully saturated rings. The molecule has 1 aromatic rings. The van der Waals surface area contributed by atoms with Crippen LogP contribution in [-0.2, 0) is 5.66 Å².